The van der Waals surface area contributed by atoms with Crippen molar-refractivity contribution in [2.24, 2.45) is 13.0 Å². The first-order valence-electron chi connectivity index (χ1n) is 8.64. The number of carbonyl (C=O) groups is 2. The highest BCUT2D eigenvalue weighted by atomic mass is 19.1. The molecule has 2 amide bonds. The lowest BCUT2D eigenvalue weighted by atomic mass is 10.0. The normalized spacial score (nSPS) is 18.3. The van der Waals surface area contributed by atoms with Gasteiger partial charge in [0.1, 0.15) is 5.82 Å². The Balaban J connectivity index is 1.70. The molecule has 7 heteroatoms. The predicted molar refractivity (Wildman–Crippen MR) is 96.1 cm³/mol. The third-order valence-electron chi connectivity index (χ3n) is 4.97. The van der Waals surface area contributed by atoms with E-state index in [0.717, 1.165) is 17.0 Å². The Morgan fingerprint density at radius 3 is 2.73 bits per heavy atom. The largest absolute Gasteiger partial charge is 0.349 e. The molecule has 2 aromatic rings. The number of benzene rings is 1. The molecule has 1 fully saturated rings. The number of nitrogens with one attached hydrogen (secondary N) is 1. The first-order valence-corrected chi connectivity index (χ1v) is 8.64. The number of hydrogen-bond acceptors (Lipinski definition) is 3. The van der Waals surface area contributed by atoms with Crippen molar-refractivity contribution in [3.05, 3.63) is 47.0 Å². The van der Waals surface area contributed by atoms with Crippen LogP contribution in [-0.4, -0.2) is 28.1 Å². The van der Waals surface area contributed by atoms with Crippen LogP contribution >= 0.6 is 0 Å². The average Bonchev–Trinajstić information content (AvgIpc) is 3.07. The second kappa shape index (κ2) is 6.90. The number of amides is 2. The molecule has 6 nitrogen and oxygen atoms in total. The van der Waals surface area contributed by atoms with Crippen molar-refractivity contribution in [2.45, 2.75) is 33.2 Å². The fourth-order valence-corrected chi connectivity index (χ4v) is 3.60. The standard InChI is InChI=1S/C19H23FN4O2/c1-11(18-12(2)22-23(4)13(18)3)21-19(26)14-8-17(25)24(10-14)16-7-5-6-15(20)9-16/h5-7,9,11,14H,8,10H2,1-4H3,(H,21,26). The van der Waals surface area contributed by atoms with Gasteiger partial charge in [0.15, 0.2) is 0 Å². The van der Waals surface area contributed by atoms with Gasteiger partial charge in [-0.05, 0) is 39.0 Å². The Morgan fingerprint density at radius 2 is 2.12 bits per heavy atom. The Morgan fingerprint density at radius 1 is 1.38 bits per heavy atom. The maximum absolute atomic E-state index is 13.4. The molecule has 1 aromatic carbocycles. The van der Waals surface area contributed by atoms with E-state index >= 15 is 0 Å². The minimum absolute atomic E-state index is 0.125. The molecule has 2 heterocycles. The zero-order chi connectivity index (χ0) is 19.0. The van der Waals surface area contributed by atoms with E-state index in [1.54, 1.807) is 16.8 Å². The molecule has 0 radical (unpaired) electrons. The SMILES string of the molecule is Cc1nn(C)c(C)c1C(C)NC(=O)C1CC(=O)N(c2cccc(F)c2)C1. The smallest absolute Gasteiger partial charge is 0.227 e. The summed E-state index contributed by atoms with van der Waals surface area (Å²) in [6, 6.07) is 5.67. The topological polar surface area (TPSA) is 67.2 Å². The van der Waals surface area contributed by atoms with Crippen molar-refractivity contribution >= 4 is 17.5 Å². The van der Waals surface area contributed by atoms with Gasteiger partial charge in [-0.3, -0.25) is 14.3 Å². The summed E-state index contributed by atoms with van der Waals surface area (Å²) in [6.45, 7) is 6.04. The highest BCUT2D eigenvalue weighted by molar-refractivity contribution is 6.00. The Bertz CT molecular complexity index is 861. The summed E-state index contributed by atoms with van der Waals surface area (Å²) < 4.78 is 15.2. The summed E-state index contributed by atoms with van der Waals surface area (Å²) >= 11 is 0. The molecule has 26 heavy (non-hydrogen) atoms. The molecule has 0 spiro atoms. The molecule has 1 saturated heterocycles. The van der Waals surface area contributed by atoms with Gasteiger partial charge in [0.25, 0.3) is 0 Å². The Hall–Kier alpha value is -2.70. The van der Waals surface area contributed by atoms with E-state index in [0.29, 0.717) is 5.69 Å². The third kappa shape index (κ3) is 3.34. The van der Waals surface area contributed by atoms with Gasteiger partial charge in [-0.25, -0.2) is 4.39 Å². The molecule has 1 aromatic heterocycles. The van der Waals surface area contributed by atoms with Gasteiger partial charge in [0.2, 0.25) is 11.8 Å². The van der Waals surface area contributed by atoms with Gasteiger partial charge in [-0.15, -0.1) is 0 Å². The van der Waals surface area contributed by atoms with Crippen LogP contribution in [0.25, 0.3) is 0 Å². The van der Waals surface area contributed by atoms with E-state index in [1.165, 1.54) is 17.0 Å². The van der Waals surface area contributed by atoms with Gasteiger partial charge in [-0.2, -0.15) is 5.10 Å². The minimum atomic E-state index is -0.453. The summed E-state index contributed by atoms with van der Waals surface area (Å²) in [5.41, 5.74) is 3.35. The van der Waals surface area contributed by atoms with Gasteiger partial charge < -0.3 is 10.2 Å². The first-order chi connectivity index (χ1) is 12.3. The van der Waals surface area contributed by atoms with E-state index in [4.69, 9.17) is 0 Å². The van der Waals surface area contributed by atoms with Crippen molar-refractivity contribution in [1.82, 2.24) is 15.1 Å². The monoisotopic (exact) mass is 358 g/mol. The molecular formula is C19H23FN4O2. The lowest BCUT2D eigenvalue weighted by Gasteiger charge is -2.19. The predicted octanol–water partition coefficient (Wildman–Crippen LogP) is 2.41. The first kappa shape index (κ1) is 18.1. The average molecular weight is 358 g/mol. The number of aromatic nitrogens is 2. The van der Waals surface area contributed by atoms with Crippen LogP contribution in [0.1, 0.15) is 36.3 Å². The van der Waals surface area contributed by atoms with Crippen molar-refractivity contribution in [2.75, 3.05) is 11.4 Å². The van der Waals surface area contributed by atoms with Crippen LogP contribution in [0.15, 0.2) is 24.3 Å². The molecule has 1 N–H and O–H groups in total. The van der Waals surface area contributed by atoms with Crippen molar-refractivity contribution in [1.29, 1.82) is 0 Å². The van der Waals surface area contributed by atoms with Gasteiger partial charge in [0, 0.05) is 37.0 Å². The van der Waals surface area contributed by atoms with Crippen LogP contribution in [0, 0.1) is 25.6 Å². The molecular weight excluding hydrogens is 335 g/mol. The summed E-state index contributed by atoms with van der Waals surface area (Å²) in [5.74, 6) is -1.20. The number of hydrogen-bond donors (Lipinski definition) is 1. The van der Waals surface area contributed by atoms with Gasteiger partial charge in [-0.1, -0.05) is 6.07 Å². The van der Waals surface area contributed by atoms with E-state index < -0.39 is 11.7 Å². The molecule has 2 unspecified atom stereocenters. The second-order valence-electron chi connectivity index (χ2n) is 6.82. The van der Waals surface area contributed by atoms with E-state index in [-0.39, 0.29) is 30.8 Å². The van der Waals surface area contributed by atoms with Crippen molar-refractivity contribution in [3.63, 3.8) is 0 Å². The number of nitrogens with zero attached hydrogens (tertiary/aromatic N) is 3. The lowest BCUT2D eigenvalue weighted by Crippen LogP contribution is -2.35. The summed E-state index contributed by atoms with van der Waals surface area (Å²) in [4.78, 5) is 26.4. The number of rotatable bonds is 4. The number of anilines is 1. The van der Waals surface area contributed by atoms with Gasteiger partial charge >= 0.3 is 0 Å². The lowest BCUT2D eigenvalue weighted by molar-refractivity contribution is -0.126. The fraction of sp³-hybridized carbons (Fsp3) is 0.421. The summed E-state index contributed by atoms with van der Waals surface area (Å²) in [7, 11) is 1.87. The zero-order valence-electron chi connectivity index (χ0n) is 15.4. The van der Waals surface area contributed by atoms with Crippen LogP contribution in [0.3, 0.4) is 0 Å². The minimum Gasteiger partial charge on any atom is -0.349 e. The molecule has 138 valence electrons. The highest BCUT2D eigenvalue weighted by Gasteiger charge is 2.36. The van der Waals surface area contributed by atoms with Crippen molar-refractivity contribution in [3.8, 4) is 0 Å². The van der Waals surface area contributed by atoms with E-state index in [2.05, 4.69) is 10.4 Å². The van der Waals surface area contributed by atoms with E-state index in [9.17, 15) is 14.0 Å². The molecule has 0 aliphatic carbocycles. The number of halogens is 1. The molecule has 1 aliphatic rings. The van der Waals surface area contributed by atoms with E-state index in [1.807, 2.05) is 27.8 Å². The highest BCUT2D eigenvalue weighted by Crippen LogP contribution is 2.27. The van der Waals surface area contributed by atoms with Crippen LogP contribution < -0.4 is 10.2 Å². The molecule has 0 bridgehead atoms. The fourth-order valence-electron chi connectivity index (χ4n) is 3.60. The van der Waals surface area contributed by atoms with Crippen molar-refractivity contribution < 1.29 is 14.0 Å². The quantitative estimate of drug-likeness (QED) is 0.913. The van der Waals surface area contributed by atoms with Crippen LogP contribution in [0.4, 0.5) is 10.1 Å². The second-order valence-corrected chi connectivity index (χ2v) is 6.82. The maximum atomic E-state index is 13.4. The molecule has 2 atom stereocenters. The summed E-state index contributed by atoms with van der Waals surface area (Å²) in [5, 5.41) is 7.37. The van der Waals surface area contributed by atoms with Gasteiger partial charge in [0.05, 0.1) is 17.7 Å². The zero-order valence-corrected chi connectivity index (χ0v) is 15.4. The molecule has 3 rings (SSSR count). The Kier molecular flexibility index (Phi) is 4.80. The number of carbonyl (C=O) groups excluding carboxylic acids is 2. The summed E-state index contributed by atoms with van der Waals surface area (Å²) in [6.07, 6.45) is 0.125. The molecule has 1 aliphatic heterocycles. The maximum Gasteiger partial charge on any atom is 0.227 e. The third-order valence-corrected chi connectivity index (χ3v) is 4.97. The van der Waals surface area contributed by atoms with Crippen LogP contribution in [0.2, 0.25) is 0 Å². The van der Waals surface area contributed by atoms with Crippen LogP contribution in [-0.2, 0) is 16.6 Å². The number of aryl methyl sites for hydroxylation is 2. The molecule has 0 saturated carbocycles. The Labute approximate surface area is 152 Å². The van der Waals surface area contributed by atoms with Crippen LogP contribution in [0.5, 0.6) is 0 Å².